The molecule has 1 aromatic carbocycles. The van der Waals surface area contributed by atoms with Crippen molar-refractivity contribution in [3.63, 3.8) is 0 Å². The SMILES string of the molecule is CCCCSC(C)C(=O)Nc1c(C)nn(-c2ccccc2)c1C. The number of rotatable bonds is 7. The first-order valence-corrected chi connectivity index (χ1v) is 9.13. The van der Waals surface area contributed by atoms with Gasteiger partial charge in [0, 0.05) is 0 Å². The topological polar surface area (TPSA) is 46.9 Å². The molecule has 0 fully saturated rings. The minimum Gasteiger partial charge on any atom is -0.322 e. The minimum absolute atomic E-state index is 0.0462. The van der Waals surface area contributed by atoms with Crippen LogP contribution in [-0.4, -0.2) is 26.7 Å². The normalized spacial score (nSPS) is 12.2. The molecule has 0 spiro atoms. The van der Waals surface area contributed by atoms with E-state index < -0.39 is 0 Å². The van der Waals surface area contributed by atoms with Crippen LogP contribution in [0.15, 0.2) is 30.3 Å². The Kier molecular flexibility index (Phi) is 6.28. The second-order valence-electron chi connectivity index (χ2n) is 5.65. The maximum Gasteiger partial charge on any atom is 0.237 e. The average molecular weight is 331 g/mol. The largest absolute Gasteiger partial charge is 0.322 e. The van der Waals surface area contributed by atoms with Crippen LogP contribution in [-0.2, 0) is 4.79 Å². The van der Waals surface area contributed by atoms with E-state index in [0.29, 0.717) is 0 Å². The number of nitrogens with zero attached hydrogens (tertiary/aromatic N) is 2. The number of carbonyl (C=O) groups excluding carboxylic acids is 1. The maximum absolute atomic E-state index is 12.4. The summed E-state index contributed by atoms with van der Waals surface area (Å²) in [5, 5.41) is 7.56. The fourth-order valence-electron chi connectivity index (χ4n) is 2.35. The second-order valence-corrected chi connectivity index (χ2v) is 7.10. The van der Waals surface area contributed by atoms with Crippen molar-refractivity contribution in [1.82, 2.24) is 9.78 Å². The molecule has 0 aliphatic carbocycles. The standard InChI is InChI=1S/C18H25N3OS/c1-5-6-12-23-15(4)18(22)19-17-13(2)20-21(14(17)3)16-10-8-7-9-11-16/h7-11,15H,5-6,12H2,1-4H3,(H,19,22). The quantitative estimate of drug-likeness (QED) is 0.767. The van der Waals surface area contributed by atoms with E-state index in [9.17, 15) is 4.79 Å². The Labute approximate surface area is 142 Å². The third kappa shape index (κ3) is 4.38. The van der Waals surface area contributed by atoms with Gasteiger partial charge in [-0.3, -0.25) is 4.79 Å². The predicted octanol–water partition coefficient (Wildman–Crippen LogP) is 4.35. The summed E-state index contributed by atoms with van der Waals surface area (Å²) >= 11 is 1.70. The van der Waals surface area contributed by atoms with Crippen LogP contribution in [0.3, 0.4) is 0 Å². The molecule has 2 aromatic rings. The smallest absolute Gasteiger partial charge is 0.237 e. The van der Waals surface area contributed by atoms with Crippen LogP contribution in [0.5, 0.6) is 0 Å². The number of hydrogen-bond acceptors (Lipinski definition) is 3. The Bertz CT molecular complexity index is 652. The molecule has 0 bridgehead atoms. The Morgan fingerprint density at radius 2 is 2.00 bits per heavy atom. The van der Waals surface area contributed by atoms with E-state index in [1.54, 1.807) is 11.8 Å². The molecule has 0 aliphatic rings. The first-order chi connectivity index (χ1) is 11.0. The number of hydrogen-bond donors (Lipinski definition) is 1. The molecule has 1 amide bonds. The van der Waals surface area contributed by atoms with E-state index in [4.69, 9.17) is 0 Å². The van der Waals surface area contributed by atoms with Gasteiger partial charge in [-0.05, 0) is 45.1 Å². The fourth-order valence-corrected chi connectivity index (χ4v) is 3.37. The number of aromatic nitrogens is 2. The van der Waals surface area contributed by atoms with Crippen LogP contribution in [0.4, 0.5) is 5.69 Å². The third-order valence-electron chi connectivity index (χ3n) is 3.78. The molecular formula is C18H25N3OS. The molecule has 1 heterocycles. The van der Waals surface area contributed by atoms with Crippen molar-refractivity contribution in [2.45, 2.75) is 45.8 Å². The van der Waals surface area contributed by atoms with Gasteiger partial charge in [0.25, 0.3) is 0 Å². The minimum atomic E-state index is -0.0552. The van der Waals surface area contributed by atoms with Crippen LogP contribution < -0.4 is 5.32 Å². The van der Waals surface area contributed by atoms with Crippen molar-refractivity contribution in [3.05, 3.63) is 41.7 Å². The molecule has 1 unspecified atom stereocenters. The van der Waals surface area contributed by atoms with E-state index in [1.165, 1.54) is 0 Å². The lowest BCUT2D eigenvalue weighted by molar-refractivity contribution is -0.115. The Hall–Kier alpha value is -1.75. The zero-order valence-electron chi connectivity index (χ0n) is 14.3. The van der Waals surface area contributed by atoms with Gasteiger partial charge < -0.3 is 5.32 Å². The lowest BCUT2D eigenvalue weighted by atomic mass is 10.3. The van der Waals surface area contributed by atoms with E-state index >= 15 is 0 Å². The van der Waals surface area contributed by atoms with Crippen molar-refractivity contribution in [2.24, 2.45) is 0 Å². The zero-order chi connectivity index (χ0) is 16.8. The van der Waals surface area contributed by atoms with Gasteiger partial charge in [0.1, 0.15) is 0 Å². The number of unbranched alkanes of at least 4 members (excludes halogenated alkanes) is 1. The number of para-hydroxylation sites is 1. The molecule has 124 valence electrons. The Morgan fingerprint density at radius 3 is 2.65 bits per heavy atom. The van der Waals surface area contributed by atoms with Gasteiger partial charge in [0.15, 0.2) is 0 Å². The highest BCUT2D eigenvalue weighted by Gasteiger charge is 2.18. The van der Waals surface area contributed by atoms with Crippen molar-refractivity contribution in [3.8, 4) is 5.69 Å². The highest BCUT2D eigenvalue weighted by atomic mass is 32.2. The predicted molar refractivity (Wildman–Crippen MR) is 98.5 cm³/mol. The van der Waals surface area contributed by atoms with Crippen LogP contribution >= 0.6 is 11.8 Å². The molecule has 0 saturated carbocycles. The fraction of sp³-hybridized carbons (Fsp3) is 0.444. The molecule has 0 saturated heterocycles. The monoisotopic (exact) mass is 331 g/mol. The van der Waals surface area contributed by atoms with E-state index in [-0.39, 0.29) is 11.2 Å². The van der Waals surface area contributed by atoms with E-state index in [0.717, 1.165) is 41.4 Å². The van der Waals surface area contributed by atoms with E-state index in [2.05, 4.69) is 17.3 Å². The summed E-state index contributed by atoms with van der Waals surface area (Å²) in [6.07, 6.45) is 2.30. The number of nitrogens with one attached hydrogen (secondary N) is 1. The van der Waals surface area contributed by atoms with Crippen LogP contribution in [0.1, 0.15) is 38.1 Å². The van der Waals surface area contributed by atoms with Crippen LogP contribution in [0, 0.1) is 13.8 Å². The molecule has 2 rings (SSSR count). The zero-order valence-corrected chi connectivity index (χ0v) is 15.1. The van der Waals surface area contributed by atoms with Crippen molar-refractivity contribution >= 4 is 23.4 Å². The lowest BCUT2D eigenvalue weighted by Crippen LogP contribution is -2.23. The highest BCUT2D eigenvalue weighted by molar-refractivity contribution is 8.00. The highest BCUT2D eigenvalue weighted by Crippen LogP contribution is 2.24. The molecule has 5 heteroatoms. The van der Waals surface area contributed by atoms with Crippen LogP contribution in [0.25, 0.3) is 5.69 Å². The molecule has 4 nitrogen and oxygen atoms in total. The average Bonchev–Trinajstić information content (AvgIpc) is 2.84. The van der Waals surface area contributed by atoms with Crippen molar-refractivity contribution < 1.29 is 4.79 Å². The van der Waals surface area contributed by atoms with Gasteiger partial charge in [-0.15, -0.1) is 11.8 Å². The van der Waals surface area contributed by atoms with Gasteiger partial charge in [-0.1, -0.05) is 31.5 Å². The maximum atomic E-state index is 12.4. The molecule has 1 N–H and O–H groups in total. The molecular weight excluding hydrogens is 306 g/mol. The van der Waals surface area contributed by atoms with Gasteiger partial charge >= 0.3 is 0 Å². The number of anilines is 1. The number of thioether (sulfide) groups is 1. The van der Waals surface area contributed by atoms with Crippen molar-refractivity contribution in [1.29, 1.82) is 0 Å². The Balaban J connectivity index is 2.12. The summed E-state index contributed by atoms with van der Waals surface area (Å²) in [6, 6.07) is 9.96. The van der Waals surface area contributed by atoms with Crippen molar-refractivity contribution in [2.75, 3.05) is 11.1 Å². The summed E-state index contributed by atoms with van der Waals surface area (Å²) in [5.74, 6) is 1.07. The van der Waals surface area contributed by atoms with Crippen LogP contribution in [0.2, 0.25) is 0 Å². The summed E-state index contributed by atoms with van der Waals surface area (Å²) in [6.45, 7) is 8.03. The molecule has 1 aromatic heterocycles. The van der Waals surface area contributed by atoms with Gasteiger partial charge in [-0.2, -0.15) is 5.10 Å². The second kappa shape index (κ2) is 8.20. The third-order valence-corrected chi connectivity index (χ3v) is 5.01. The Morgan fingerprint density at radius 1 is 1.30 bits per heavy atom. The number of amides is 1. The van der Waals surface area contributed by atoms with Gasteiger partial charge in [0.2, 0.25) is 5.91 Å². The molecule has 1 atom stereocenters. The first-order valence-electron chi connectivity index (χ1n) is 8.08. The summed E-state index contributed by atoms with van der Waals surface area (Å²) in [7, 11) is 0. The number of carbonyl (C=O) groups is 1. The summed E-state index contributed by atoms with van der Waals surface area (Å²) < 4.78 is 1.87. The number of aryl methyl sites for hydroxylation is 1. The first kappa shape index (κ1) is 17.6. The lowest BCUT2D eigenvalue weighted by Gasteiger charge is -2.12. The summed E-state index contributed by atoms with van der Waals surface area (Å²) in [4.78, 5) is 12.4. The van der Waals surface area contributed by atoms with Gasteiger partial charge in [0.05, 0.1) is 28.0 Å². The molecule has 0 aliphatic heterocycles. The van der Waals surface area contributed by atoms with E-state index in [1.807, 2.05) is 55.8 Å². The summed E-state index contributed by atoms with van der Waals surface area (Å²) in [5.41, 5.74) is 3.61. The number of benzene rings is 1. The molecule has 0 radical (unpaired) electrons. The molecule has 23 heavy (non-hydrogen) atoms. The van der Waals surface area contributed by atoms with Gasteiger partial charge in [-0.25, -0.2) is 4.68 Å².